The lowest BCUT2D eigenvalue weighted by Crippen LogP contribution is -2.48. The number of piperazine rings is 1. The van der Waals surface area contributed by atoms with Gasteiger partial charge in [0.2, 0.25) is 5.88 Å². The minimum atomic E-state index is 0.0509. The molecule has 4 heterocycles. The summed E-state index contributed by atoms with van der Waals surface area (Å²) in [6.07, 6.45) is 0. The summed E-state index contributed by atoms with van der Waals surface area (Å²) in [6.45, 7) is 8.18. The molecule has 3 aromatic rings. The topological polar surface area (TPSA) is 80.7 Å². The lowest BCUT2D eigenvalue weighted by atomic mass is 10.2. The molecule has 0 aromatic carbocycles. The molecule has 0 bridgehead atoms. The zero-order valence-corrected chi connectivity index (χ0v) is 19.2. The van der Waals surface area contributed by atoms with Gasteiger partial charge in [-0.25, -0.2) is 9.97 Å². The maximum atomic E-state index is 13.3. The maximum absolute atomic E-state index is 13.3. The van der Waals surface area contributed by atoms with Gasteiger partial charge in [0.15, 0.2) is 5.82 Å². The third kappa shape index (κ3) is 4.18. The summed E-state index contributed by atoms with van der Waals surface area (Å²) in [6, 6.07) is 0. The highest BCUT2D eigenvalue weighted by atomic mass is 32.1. The normalized spacial score (nSPS) is 15.1. The molecule has 4 rings (SSSR count). The molecule has 0 radical (unpaired) electrons. The van der Waals surface area contributed by atoms with Gasteiger partial charge < -0.3 is 14.4 Å². The van der Waals surface area contributed by atoms with Crippen molar-refractivity contribution in [1.29, 1.82) is 0 Å². The number of amides is 1. The standard InChI is InChI=1S/C20H25N5O3S2/c1-12-16-18(28-4)22-15(10-27-3)23-19(16)30-17(12)20(26)25-7-5-24(6-8-25)9-14-11-29-13(2)21-14/h11H,5-10H2,1-4H3. The Morgan fingerprint density at radius 2 is 1.90 bits per heavy atom. The van der Waals surface area contributed by atoms with Crippen LogP contribution in [0.4, 0.5) is 0 Å². The van der Waals surface area contributed by atoms with E-state index in [-0.39, 0.29) is 5.91 Å². The fourth-order valence-electron chi connectivity index (χ4n) is 3.65. The molecule has 0 atom stereocenters. The van der Waals surface area contributed by atoms with Crippen LogP contribution in [0.2, 0.25) is 0 Å². The number of carbonyl (C=O) groups is 1. The summed E-state index contributed by atoms with van der Waals surface area (Å²) in [4.78, 5) is 32.5. The number of thiazole rings is 1. The number of hydrogen-bond acceptors (Lipinski definition) is 9. The van der Waals surface area contributed by atoms with Crippen LogP contribution in [0.5, 0.6) is 5.88 Å². The average molecular weight is 448 g/mol. The molecule has 160 valence electrons. The Labute approximate surface area is 183 Å². The second-order valence-corrected chi connectivity index (χ2v) is 9.31. The summed E-state index contributed by atoms with van der Waals surface area (Å²) >= 11 is 3.08. The molecular weight excluding hydrogens is 422 g/mol. The van der Waals surface area contributed by atoms with Crippen molar-refractivity contribution in [3.05, 3.63) is 32.3 Å². The van der Waals surface area contributed by atoms with Gasteiger partial charge in [-0.15, -0.1) is 22.7 Å². The Balaban J connectivity index is 1.50. The van der Waals surface area contributed by atoms with E-state index < -0.39 is 0 Å². The van der Waals surface area contributed by atoms with Gasteiger partial charge in [0.25, 0.3) is 5.91 Å². The van der Waals surface area contributed by atoms with E-state index in [1.165, 1.54) is 11.3 Å². The van der Waals surface area contributed by atoms with E-state index >= 15 is 0 Å². The molecule has 0 aliphatic carbocycles. The maximum Gasteiger partial charge on any atom is 0.264 e. The first-order valence-corrected chi connectivity index (χ1v) is 11.4. The first kappa shape index (κ1) is 21.1. The van der Waals surface area contributed by atoms with Crippen molar-refractivity contribution in [1.82, 2.24) is 24.8 Å². The third-order valence-corrected chi connectivity index (χ3v) is 7.17. The van der Waals surface area contributed by atoms with Gasteiger partial charge in [0.1, 0.15) is 11.4 Å². The minimum absolute atomic E-state index is 0.0509. The molecule has 10 heteroatoms. The van der Waals surface area contributed by atoms with Gasteiger partial charge in [-0.1, -0.05) is 0 Å². The highest BCUT2D eigenvalue weighted by Crippen LogP contribution is 2.35. The SMILES string of the molecule is COCc1nc(OC)c2c(C)c(C(=O)N3CCN(Cc4csc(C)n4)CC3)sc2n1. The van der Waals surface area contributed by atoms with Gasteiger partial charge in [-0.3, -0.25) is 9.69 Å². The number of nitrogens with zero attached hydrogens (tertiary/aromatic N) is 5. The Kier molecular flexibility index (Phi) is 6.28. The molecule has 0 saturated carbocycles. The summed E-state index contributed by atoms with van der Waals surface area (Å²) in [5, 5.41) is 4.01. The molecule has 0 N–H and O–H groups in total. The average Bonchev–Trinajstić information content (AvgIpc) is 3.30. The van der Waals surface area contributed by atoms with Crippen molar-refractivity contribution in [3.8, 4) is 5.88 Å². The van der Waals surface area contributed by atoms with Crippen molar-refractivity contribution in [2.24, 2.45) is 0 Å². The molecule has 0 spiro atoms. The van der Waals surface area contributed by atoms with Crippen LogP contribution in [0, 0.1) is 13.8 Å². The van der Waals surface area contributed by atoms with Gasteiger partial charge in [-0.2, -0.15) is 4.98 Å². The van der Waals surface area contributed by atoms with Gasteiger partial charge >= 0.3 is 0 Å². The van der Waals surface area contributed by atoms with E-state index in [1.54, 1.807) is 25.6 Å². The monoisotopic (exact) mass is 447 g/mol. The number of hydrogen-bond donors (Lipinski definition) is 0. The smallest absolute Gasteiger partial charge is 0.264 e. The summed E-state index contributed by atoms with van der Waals surface area (Å²) in [5.74, 6) is 1.09. The van der Waals surface area contributed by atoms with Crippen LogP contribution in [0.25, 0.3) is 10.2 Å². The second-order valence-electron chi connectivity index (χ2n) is 7.24. The summed E-state index contributed by atoms with van der Waals surface area (Å²) in [7, 11) is 3.18. The van der Waals surface area contributed by atoms with E-state index in [9.17, 15) is 4.79 Å². The zero-order valence-electron chi connectivity index (χ0n) is 17.6. The molecular formula is C20H25N5O3S2. The summed E-state index contributed by atoms with van der Waals surface area (Å²) < 4.78 is 10.6. The highest BCUT2D eigenvalue weighted by Gasteiger charge is 2.27. The van der Waals surface area contributed by atoms with E-state index in [2.05, 4.69) is 25.2 Å². The number of carbonyl (C=O) groups excluding carboxylic acids is 1. The zero-order chi connectivity index (χ0) is 21.3. The molecule has 3 aromatic heterocycles. The number of thiophene rings is 1. The van der Waals surface area contributed by atoms with E-state index in [4.69, 9.17) is 9.47 Å². The molecule has 1 aliphatic heterocycles. The Morgan fingerprint density at radius 3 is 2.53 bits per heavy atom. The first-order valence-electron chi connectivity index (χ1n) is 9.75. The molecule has 8 nitrogen and oxygen atoms in total. The largest absolute Gasteiger partial charge is 0.480 e. The molecule has 1 fully saturated rings. The van der Waals surface area contributed by atoms with Crippen LogP contribution in [0.3, 0.4) is 0 Å². The predicted octanol–water partition coefficient (Wildman–Crippen LogP) is 2.88. The van der Waals surface area contributed by atoms with Gasteiger partial charge in [-0.05, 0) is 19.4 Å². The summed E-state index contributed by atoms with van der Waals surface area (Å²) in [5.41, 5.74) is 1.98. The first-order chi connectivity index (χ1) is 14.5. The van der Waals surface area contributed by atoms with Crippen molar-refractivity contribution in [2.75, 3.05) is 40.4 Å². The Hall–Kier alpha value is -2.14. The van der Waals surface area contributed by atoms with Crippen LogP contribution in [0.15, 0.2) is 5.38 Å². The number of rotatable bonds is 6. The molecule has 1 saturated heterocycles. The van der Waals surface area contributed by atoms with Crippen LogP contribution in [0.1, 0.15) is 31.8 Å². The molecule has 1 aliphatic rings. The molecule has 1 amide bonds. The van der Waals surface area contributed by atoms with Gasteiger partial charge in [0, 0.05) is 45.2 Å². The van der Waals surface area contributed by atoms with Crippen molar-refractivity contribution >= 4 is 38.8 Å². The Morgan fingerprint density at radius 1 is 1.13 bits per heavy atom. The minimum Gasteiger partial charge on any atom is -0.480 e. The van der Waals surface area contributed by atoms with Crippen LogP contribution >= 0.6 is 22.7 Å². The lowest BCUT2D eigenvalue weighted by Gasteiger charge is -2.34. The van der Waals surface area contributed by atoms with Crippen LogP contribution in [-0.4, -0.2) is 71.1 Å². The number of aromatic nitrogens is 3. The number of methoxy groups -OCH3 is 2. The quantitative estimate of drug-likeness (QED) is 0.575. The van der Waals surface area contributed by atoms with E-state index in [1.807, 2.05) is 18.7 Å². The fraction of sp³-hybridized carbons (Fsp3) is 0.500. The van der Waals surface area contributed by atoms with Gasteiger partial charge in [0.05, 0.1) is 28.1 Å². The van der Waals surface area contributed by atoms with E-state index in [0.29, 0.717) is 36.3 Å². The highest BCUT2D eigenvalue weighted by molar-refractivity contribution is 7.20. The van der Waals surface area contributed by atoms with Crippen LogP contribution in [-0.2, 0) is 17.9 Å². The Bertz CT molecular complexity index is 1060. The molecule has 0 unspecified atom stereocenters. The molecule has 30 heavy (non-hydrogen) atoms. The van der Waals surface area contributed by atoms with Crippen LogP contribution < -0.4 is 4.74 Å². The number of ether oxygens (including phenoxy) is 2. The second kappa shape index (κ2) is 8.93. The third-order valence-electron chi connectivity index (χ3n) is 5.18. The lowest BCUT2D eigenvalue weighted by molar-refractivity contribution is 0.0631. The van der Waals surface area contributed by atoms with Crippen molar-refractivity contribution in [3.63, 3.8) is 0 Å². The van der Waals surface area contributed by atoms with Crippen molar-refractivity contribution < 1.29 is 14.3 Å². The predicted molar refractivity (Wildman–Crippen MR) is 117 cm³/mol. The number of fused-ring (bicyclic) bond motifs is 1. The van der Waals surface area contributed by atoms with Crippen molar-refractivity contribution in [2.45, 2.75) is 27.0 Å². The fourth-order valence-corrected chi connectivity index (χ4v) is 5.41. The number of aryl methyl sites for hydroxylation is 2. The van der Waals surface area contributed by atoms with E-state index in [0.717, 1.165) is 46.1 Å².